The van der Waals surface area contributed by atoms with Crippen LogP contribution in [0.4, 0.5) is 0 Å². The van der Waals surface area contributed by atoms with Gasteiger partial charge in [0.15, 0.2) is 24.5 Å². The Labute approximate surface area is 297 Å². The van der Waals surface area contributed by atoms with Crippen molar-refractivity contribution in [3.05, 3.63) is 0 Å². The van der Waals surface area contributed by atoms with Gasteiger partial charge in [-0.15, -0.1) is 0 Å². The van der Waals surface area contributed by atoms with Crippen molar-refractivity contribution in [2.75, 3.05) is 20.7 Å². The molecule has 0 amide bonds. The van der Waals surface area contributed by atoms with E-state index < -0.39 is 108 Å². The van der Waals surface area contributed by atoms with Gasteiger partial charge in [-0.1, -0.05) is 20.8 Å². The predicted molar refractivity (Wildman–Crippen MR) is 182 cm³/mol. The maximum atomic E-state index is 14.1. The number of likely N-dealkylation sites (N-methyl/N-ethyl adjacent to an activating group) is 1. The lowest BCUT2D eigenvalue weighted by atomic mass is 9.77. The van der Waals surface area contributed by atoms with Gasteiger partial charge in [-0.2, -0.15) is 0 Å². The minimum Gasteiger partial charge on any atom is -0.459 e. The number of Topliss-reactive ketones (excluding diaryl/α,β-unsaturated/α-hetero) is 1. The van der Waals surface area contributed by atoms with Gasteiger partial charge in [-0.3, -0.25) is 9.59 Å². The molecule has 0 aromatic carbocycles. The van der Waals surface area contributed by atoms with Crippen molar-refractivity contribution in [3.63, 3.8) is 0 Å². The molecular formula is C36H65NO13. The lowest BCUT2D eigenvalue weighted by Crippen LogP contribution is -2.59. The Kier molecular flexibility index (Phi) is 14.5. The van der Waals surface area contributed by atoms with Gasteiger partial charge < -0.3 is 58.9 Å². The average molecular weight is 720 g/mol. The van der Waals surface area contributed by atoms with E-state index in [2.05, 4.69) is 0 Å². The Bertz CT molecular complexity index is 1140. The first-order valence-electron chi connectivity index (χ1n) is 18.1. The zero-order chi connectivity index (χ0) is 38.1. The van der Waals surface area contributed by atoms with Crippen LogP contribution in [0.25, 0.3) is 0 Å². The van der Waals surface area contributed by atoms with Crippen molar-refractivity contribution in [1.29, 1.82) is 0 Å². The summed E-state index contributed by atoms with van der Waals surface area (Å²) >= 11 is 0. The normalized spacial score (nSPS) is 49.5. The van der Waals surface area contributed by atoms with E-state index in [0.29, 0.717) is 6.54 Å². The molecule has 17 atom stereocenters. The number of esters is 1. The monoisotopic (exact) mass is 719 g/mol. The van der Waals surface area contributed by atoms with Crippen LogP contribution in [0.2, 0.25) is 0 Å². The van der Waals surface area contributed by atoms with Crippen LogP contribution >= 0.6 is 0 Å². The van der Waals surface area contributed by atoms with E-state index in [4.69, 9.17) is 28.4 Å². The third kappa shape index (κ3) is 9.43. The fourth-order valence-electron chi connectivity index (χ4n) is 8.10. The molecule has 3 heterocycles. The summed E-state index contributed by atoms with van der Waals surface area (Å²) in [4.78, 5) is 28.6. The van der Waals surface area contributed by atoms with Gasteiger partial charge in [0.1, 0.15) is 23.9 Å². The van der Waals surface area contributed by atoms with Gasteiger partial charge in [0.25, 0.3) is 0 Å². The van der Waals surface area contributed by atoms with Crippen molar-refractivity contribution in [3.8, 4) is 0 Å². The minimum atomic E-state index is -1.82. The van der Waals surface area contributed by atoms with Crippen LogP contribution in [0.15, 0.2) is 0 Å². The lowest BCUT2D eigenvalue weighted by Gasteiger charge is -2.48. The van der Waals surface area contributed by atoms with Crippen LogP contribution in [0, 0.1) is 17.8 Å². The molecule has 1 unspecified atom stereocenters. The molecule has 3 aliphatic heterocycles. The van der Waals surface area contributed by atoms with Crippen LogP contribution in [0.3, 0.4) is 0 Å². The first kappa shape index (κ1) is 43.1. The zero-order valence-electron chi connectivity index (χ0n) is 32.1. The second kappa shape index (κ2) is 16.8. The number of carbonyl (C=O) groups excluding carboxylic acids is 2. The van der Waals surface area contributed by atoms with Gasteiger partial charge in [0.05, 0.1) is 41.5 Å². The molecule has 0 bridgehead atoms. The van der Waals surface area contributed by atoms with Crippen LogP contribution in [-0.2, 0) is 38.0 Å². The number of hydrogen-bond donors (Lipinski definition) is 5. The van der Waals surface area contributed by atoms with Gasteiger partial charge >= 0.3 is 5.97 Å². The zero-order valence-corrected chi connectivity index (χ0v) is 32.1. The Morgan fingerprint density at radius 2 is 1.54 bits per heavy atom. The quantitative estimate of drug-likeness (QED) is 0.248. The molecule has 5 N–H and O–H groups in total. The first-order chi connectivity index (χ1) is 23.0. The molecule has 3 rings (SSSR count). The standard InChI is InChI=1S/C36H65NO13/c1-13-25-36(10,44)29(40)22(6)37(11)17-18(2)15-34(8,43)31(50-33-27(39)24(38)14-19(3)46-33)20(4)28(21(5)32(42)48-25)49-26-16-35(9,45-12)30(41)23(7)47-26/h18-23,25-31,33,39-41,43-44H,13-17H2,1-12H3/t18-,19-,20+,21-,22-,23+,25?,26+,27-,28+,29-,30+,31-,33+,34-,35-,36-/m1/s1. The summed E-state index contributed by atoms with van der Waals surface area (Å²) < 4.78 is 36.6. The summed E-state index contributed by atoms with van der Waals surface area (Å²) in [6, 6.07) is -0.566. The molecule has 292 valence electrons. The maximum absolute atomic E-state index is 14.1. The van der Waals surface area contributed by atoms with Gasteiger partial charge in [0.2, 0.25) is 0 Å². The molecule has 3 saturated heterocycles. The van der Waals surface area contributed by atoms with Gasteiger partial charge in [-0.05, 0) is 74.3 Å². The molecule has 0 aromatic rings. The average Bonchev–Trinajstić information content (AvgIpc) is 3.03. The van der Waals surface area contributed by atoms with Crippen LogP contribution in [0.1, 0.15) is 94.9 Å². The number of ketones is 1. The van der Waals surface area contributed by atoms with Crippen LogP contribution in [0.5, 0.6) is 0 Å². The van der Waals surface area contributed by atoms with E-state index in [9.17, 15) is 35.1 Å². The van der Waals surface area contributed by atoms with Crippen LogP contribution < -0.4 is 0 Å². The molecule has 50 heavy (non-hydrogen) atoms. The highest BCUT2D eigenvalue weighted by Gasteiger charge is 2.52. The number of aliphatic hydroxyl groups excluding tert-OH is 3. The van der Waals surface area contributed by atoms with E-state index in [1.165, 1.54) is 14.0 Å². The Morgan fingerprint density at radius 1 is 0.920 bits per heavy atom. The highest BCUT2D eigenvalue weighted by atomic mass is 16.7. The number of rotatable bonds is 6. The Hall–Kier alpha value is -1.30. The molecule has 0 saturated carbocycles. The molecule has 14 nitrogen and oxygen atoms in total. The lowest BCUT2D eigenvalue weighted by molar-refractivity contribution is -0.311. The van der Waals surface area contributed by atoms with E-state index in [0.717, 1.165) is 0 Å². The molecule has 0 aromatic heterocycles. The summed E-state index contributed by atoms with van der Waals surface area (Å²) in [5, 5.41) is 57.1. The second-order valence-corrected chi connectivity index (χ2v) is 16.0. The number of aliphatic hydroxyl groups is 5. The predicted octanol–water partition coefficient (Wildman–Crippen LogP) is 1.54. The molecule has 0 radical (unpaired) electrons. The summed E-state index contributed by atoms with van der Waals surface area (Å²) in [7, 11) is 3.28. The van der Waals surface area contributed by atoms with E-state index in [1.807, 2.05) is 11.8 Å². The van der Waals surface area contributed by atoms with Crippen molar-refractivity contribution in [2.24, 2.45) is 17.8 Å². The Morgan fingerprint density at radius 3 is 2.12 bits per heavy atom. The highest BCUT2D eigenvalue weighted by molar-refractivity contribution is 5.84. The number of ether oxygens (including phenoxy) is 6. The third-order valence-electron chi connectivity index (χ3n) is 11.4. The SMILES string of the molecule is CCC1OC(=O)[C@H](C)[C@@H](O[C@H]2C[C@@](C)(OC)[C@@H](O)[C@H](C)O2)[C@H](C)[C@@H](O[C@@H]2O[C@H](C)CC(=O)[C@H]2O)[C@](C)(O)C[C@@H](C)CN(C)[C@H](C)[C@@H](O)[C@]1(C)O. The van der Waals surface area contributed by atoms with Crippen molar-refractivity contribution < 1.29 is 63.5 Å². The maximum Gasteiger partial charge on any atom is 0.311 e. The molecule has 0 spiro atoms. The molecule has 14 heteroatoms. The van der Waals surface area contributed by atoms with Gasteiger partial charge in [-0.25, -0.2) is 0 Å². The molecule has 3 fully saturated rings. The first-order valence-corrected chi connectivity index (χ1v) is 18.1. The minimum absolute atomic E-state index is 0.00332. The summed E-state index contributed by atoms with van der Waals surface area (Å²) in [5.41, 5.74) is -4.52. The smallest absolute Gasteiger partial charge is 0.311 e. The summed E-state index contributed by atoms with van der Waals surface area (Å²) in [5.74, 6) is -3.28. The molecule has 3 aliphatic rings. The Balaban J connectivity index is 2.16. The van der Waals surface area contributed by atoms with E-state index in [-0.39, 0.29) is 31.6 Å². The fraction of sp³-hybridized carbons (Fsp3) is 0.944. The number of hydrogen-bond acceptors (Lipinski definition) is 14. The fourth-order valence-corrected chi connectivity index (χ4v) is 8.10. The van der Waals surface area contributed by atoms with Crippen LogP contribution in [-0.4, -0.2) is 147 Å². The van der Waals surface area contributed by atoms with E-state index >= 15 is 0 Å². The number of cyclic esters (lactones) is 1. The molecule has 0 aliphatic carbocycles. The van der Waals surface area contributed by atoms with Crippen molar-refractivity contribution >= 4 is 11.8 Å². The van der Waals surface area contributed by atoms with Crippen molar-refractivity contribution in [2.45, 2.75) is 179 Å². The summed E-state index contributed by atoms with van der Waals surface area (Å²) in [6.45, 7) is 17.3. The molecular weight excluding hydrogens is 654 g/mol. The number of nitrogens with zero attached hydrogens (tertiary/aromatic N) is 1. The van der Waals surface area contributed by atoms with Crippen molar-refractivity contribution in [1.82, 2.24) is 4.90 Å². The topological polar surface area (TPSA) is 194 Å². The second-order valence-electron chi connectivity index (χ2n) is 16.0. The number of methoxy groups -OCH3 is 1. The number of carbonyl (C=O) groups is 2. The third-order valence-corrected chi connectivity index (χ3v) is 11.4. The highest BCUT2D eigenvalue weighted by Crippen LogP contribution is 2.39. The van der Waals surface area contributed by atoms with Gasteiger partial charge in [0, 0.05) is 38.5 Å². The largest absolute Gasteiger partial charge is 0.459 e. The summed E-state index contributed by atoms with van der Waals surface area (Å²) in [6.07, 6.45) is -10.4. The van der Waals surface area contributed by atoms with E-state index in [1.54, 1.807) is 62.4 Å².